The summed E-state index contributed by atoms with van der Waals surface area (Å²) in [5.74, 6) is -0.215. The minimum atomic E-state index is -0.895. The molecule has 1 aliphatic rings. The van der Waals surface area contributed by atoms with Gasteiger partial charge in [0.15, 0.2) is 0 Å². The van der Waals surface area contributed by atoms with E-state index in [0.717, 1.165) is 6.54 Å². The van der Waals surface area contributed by atoms with E-state index >= 15 is 0 Å². The summed E-state index contributed by atoms with van der Waals surface area (Å²) in [6.45, 7) is 0.872. The molecule has 0 aromatic heterocycles. The predicted octanol–water partition coefficient (Wildman–Crippen LogP) is 4.14. The predicted molar refractivity (Wildman–Crippen MR) is 76.2 cm³/mol. The van der Waals surface area contributed by atoms with Crippen LogP contribution in [-0.2, 0) is 0 Å². The van der Waals surface area contributed by atoms with Gasteiger partial charge in [0.2, 0.25) is 0 Å². The van der Waals surface area contributed by atoms with E-state index in [2.05, 4.69) is 21.2 Å². The summed E-state index contributed by atoms with van der Waals surface area (Å²) in [5.41, 5.74) is 1.04. The van der Waals surface area contributed by atoms with Crippen molar-refractivity contribution in [3.05, 3.63) is 28.2 Å². The molecule has 0 aliphatic heterocycles. The van der Waals surface area contributed by atoms with Crippen molar-refractivity contribution in [2.45, 2.75) is 32.1 Å². The highest BCUT2D eigenvalue weighted by Gasteiger charge is 2.16. The first kappa shape index (κ1) is 13.4. The van der Waals surface area contributed by atoms with Gasteiger partial charge in [0.1, 0.15) is 0 Å². The first-order valence-electron chi connectivity index (χ1n) is 6.44. The van der Waals surface area contributed by atoms with Crippen LogP contribution in [0.5, 0.6) is 0 Å². The number of hydrogen-bond acceptors (Lipinski definition) is 2. The maximum Gasteiger partial charge on any atom is 0.338 e. The van der Waals surface area contributed by atoms with E-state index in [1.807, 2.05) is 12.1 Å². The largest absolute Gasteiger partial charge is 0.478 e. The van der Waals surface area contributed by atoms with Gasteiger partial charge in [-0.3, -0.25) is 0 Å². The fourth-order valence-corrected chi connectivity index (χ4v) is 3.07. The molecule has 1 saturated carbocycles. The SMILES string of the molecule is O=C(O)c1c(Br)cccc1NCC1CCCCC1. The fraction of sp³-hybridized carbons (Fsp3) is 0.500. The molecule has 0 radical (unpaired) electrons. The van der Waals surface area contributed by atoms with Gasteiger partial charge in [-0.2, -0.15) is 0 Å². The molecule has 0 saturated heterocycles. The second kappa shape index (κ2) is 6.23. The molecule has 0 amide bonds. The lowest BCUT2D eigenvalue weighted by atomic mass is 9.89. The number of benzene rings is 1. The molecule has 4 heteroatoms. The highest BCUT2D eigenvalue weighted by molar-refractivity contribution is 9.10. The van der Waals surface area contributed by atoms with Gasteiger partial charge < -0.3 is 10.4 Å². The van der Waals surface area contributed by atoms with E-state index in [1.54, 1.807) is 6.07 Å². The summed E-state index contributed by atoms with van der Waals surface area (Å²) in [6, 6.07) is 5.45. The van der Waals surface area contributed by atoms with E-state index in [4.69, 9.17) is 0 Å². The van der Waals surface area contributed by atoms with Gasteiger partial charge in [0.25, 0.3) is 0 Å². The average molecular weight is 312 g/mol. The Balaban J connectivity index is 2.04. The molecule has 0 atom stereocenters. The van der Waals surface area contributed by atoms with Crippen molar-refractivity contribution in [2.24, 2.45) is 5.92 Å². The average Bonchev–Trinajstić information content (AvgIpc) is 2.37. The molecule has 1 aromatic rings. The number of rotatable bonds is 4. The number of carboxylic acids is 1. The van der Waals surface area contributed by atoms with Crippen LogP contribution in [0.4, 0.5) is 5.69 Å². The van der Waals surface area contributed by atoms with Crippen LogP contribution in [-0.4, -0.2) is 17.6 Å². The Bertz CT molecular complexity index is 428. The van der Waals surface area contributed by atoms with E-state index < -0.39 is 5.97 Å². The molecule has 2 rings (SSSR count). The van der Waals surface area contributed by atoms with Crippen LogP contribution in [0.15, 0.2) is 22.7 Å². The topological polar surface area (TPSA) is 49.3 Å². The van der Waals surface area contributed by atoms with Crippen LogP contribution in [0.1, 0.15) is 42.5 Å². The zero-order chi connectivity index (χ0) is 13.0. The third kappa shape index (κ3) is 3.25. The van der Waals surface area contributed by atoms with Gasteiger partial charge >= 0.3 is 5.97 Å². The number of carboxylic acid groups (broad SMARTS) is 1. The van der Waals surface area contributed by atoms with Crippen molar-refractivity contribution in [1.29, 1.82) is 0 Å². The lowest BCUT2D eigenvalue weighted by Crippen LogP contribution is -2.18. The Kier molecular flexibility index (Phi) is 4.64. The van der Waals surface area contributed by atoms with Crippen molar-refractivity contribution in [2.75, 3.05) is 11.9 Å². The highest BCUT2D eigenvalue weighted by Crippen LogP contribution is 2.27. The molecular formula is C14H18BrNO2. The Labute approximate surface area is 116 Å². The smallest absolute Gasteiger partial charge is 0.338 e. The monoisotopic (exact) mass is 311 g/mol. The quantitative estimate of drug-likeness (QED) is 0.878. The first-order valence-corrected chi connectivity index (χ1v) is 7.23. The second-order valence-corrected chi connectivity index (χ2v) is 5.71. The summed E-state index contributed by atoms with van der Waals surface area (Å²) >= 11 is 3.29. The summed E-state index contributed by atoms with van der Waals surface area (Å²) < 4.78 is 0.628. The number of halogens is 1. The third-order valence-corrected chi connectivity index (χ3v) is 4.19. The van der Waals surface area contributed by atoms with Gasteiger partial charge in [0, 0.05) is 16.7 Å². The molecule has 1 aromatic carbocycles. The second-order valence-electron chi connectivity index (χ2n) is 4.85. The zero-order valence-electron chi connectivity index (χ0n) is 10.3. The van der Waals surface area contributed by atoms with Crippen LogP contribution in [0.25, 0.3) is 0 Å². The maximum absolute atomic E-state index is 11.2. The van der Waals surface area contributed by atoms with Crippen LogP contribution in [0.2, 0.25) is 0 Å². The van der Waals surface area contributed by atoms with E-state index in [1.165, 1.54) is 32.1 Å². The summed E-state index contributed by atoms with van der Waals surface area (Å²) in [6.07, 6.45) is 6.45. The number of anilines is 1. The van der Waals surface area contributed by atoms with Gasteiger partial charge in [-0.15, -0.1) is 0 Å². The number of nitrogens with one attached hydrogen (secondary N) is 1. The Morgan fingerprint density at radius 2 is 2.06 bits per heavy atom. The zero-order valence-corrected chi connectivity index (χ0v) is 11.9. The number of carbonyl (C=O) groups is 1. The maximum atomic E-state index is 11.2. The van der Waals surface area contributed by atoms with Gasteiger partial charge in [0.05, 0.1) is 5.56 Å². The minimum Gasteiger partial charge on any atom is -0.478 e. The van der Waals surface area contributed by atoms with Crippen LogP contribution in [0.3, 0.4) is 0 Å². The standard InChI is InChI=1S/C14H18BrNO2/c15-11-7-4-8-12(13(11)14(17)18)16-9-10-5-2-1-3-6-10/h4,7-8,10,16H,1-3,5-6,9H2,(H,17,18). The van der Waals surface area contributed by atoms with Crippen LogP contribution < -0.4 is 5.32 Å². The molecule has 18 heavy (non-hydrogen) atoms. The summed E-state index contributed by atoms with van der Waals surface area (Å²) in [5, 5.41) is 12.5. The molecule has 0 bridgehead atoms. The fourth-order valence-electron chi connectivity index (χ4n) is 2.53. The first-order chi connectivity index (χ1) is 8.68. The van der Waals surface area contributed by atoms with Crippen molar-refractivity contribution in [3.63, 3.8) is 0 Å². The molecule has 0 unspecified atom stereocenters. The molecule has 98 valence electrons. The Morgan fingerprint density at radius 1 is 1.33 bits per heavy atom. The van der Waals surface area contributed by atoms with E-state index in [0.29, 0.717) is 21.6 Å². The minimum absolute atomic E-state index is 0.327. The highest BCUT2D eigenvalue weighted by atomic mass is 79.9. The third-order valence-electron chi connectivity index (χ3n) is 3.53. The van der Waals surface area contributed by atoms with Crippen LogP contribution in [0, 0.1) is 5.92 Å². The molecule has 3 nitrogen and oxygen atoms in total. The molecule has 0 heterocycles. The van der Waals surface area contributed by atoms with Crippen molar-refractivity contribution in [1.82, 2.24) is 0 Å². The molecule has 1 fully saturated rings. The molecule has 2 N–H and O–H groups in total. The molecule has 0 spiro atoms. The van der Waals surface area contributed by atoms with E-state index in [9.17, 15) is 9.90 Å². The molecule has 1 aliphatic carbocycles. The van der Waals surface area contributed by atoms with Crippen molar-refractivity contribution >= 4 is 27.6 Å². The molecular weight excluding hydrogens is 294 g/mol. The normalized spacial score (nSPS) is 16.5. The van der Waals surface area contributed by atoms with Crippen molar-refractivity contribution < 1.29 is 9.90 Å². The lowest BCUT2D eigenvalue weighted by molar-refractivity contribution is 0.0697. The number of hydrogen-bond donors (Lipinski definition) is 2. The van der Waals surface area contributed by atoms with Gasteiger partial charge in [-0.1, -0.05) is 25.3 Å². The Hall–Kier alpha value is -1.03. The Morgan fingerprint density at radius 3 is 2.72 bits per heavy atom. The summed E-state index contributed by atoms with van der Waals surface area (Å²) in [4.78, 5) is 11.2. The lowest BCUT2D eigenvalue weighted by Gasteiger charge is -2.22. The number of aromatic carboxylic acids is 1. The van der Waals surface area contributed by atoms with Crippen molar-refractivity contribution in [3.8, 4) is 0 Å². The van der Waals surface area contributed by atoms with E-state index in [-0.39, 0.29) is 0 Å². The van der Waals surface area contributed by atoms with Gasteiger partial charge in [-0.25, -0.2) is 4.79 Å². The van der Waals surface area contributed by atoms with Gasteiger partial charge in [-0.05, 0) is 46.8 Å². The van der Waals surface area contributed by atoms with Crippen LogP contribution >= 0.6 is 15.9 Å². The summed E-state index contributed by atoms with van der Waals surface area (Å²) in [7, 11) is 0.